The van der Waals surface area contributed by atoms with E-state index in [2.05, 4.69) is 20.2 Å². The van der Waals surface area contributed by atoms with Crippen LogP contribution in [0.4, 0.5) is 5.82 Å². The number of aliphatic hydroxyl groups excluding tert-OH is 1. The minimum absolute atomic E-state index is 0.260. The number of nitrogens with zero attached hydrogens (tertiary/aromatic N) is 3. The second kappa shape index (κ2) is 6.83. The average molecular weight is 286 g/mol. The van der Waals surface area contributed by atoms with Crippen molar-refractivity contribution in [2.75, 3.05) is 38.1 Å². The highest BCUT2D eigenvalue weighted by Gasteiger charge is 2.18. The Morgan fingerprint density at radius 1 is 1.19 bits per heavy atom. The third-order valence-electron chi connectivity index (χ3n) is 4.14. The van der Waals surface area contributed by atoms with Crippen molar-refractivity contribution in [2.24, 2.45) is 5.92 Å². The maximum Gasteiger partial charge on any atom is 0.145 e. The van der Waals surface area contributed by atoms with Gasteiger partial charge in [0, 0.05) is 13.1 Å². The highest BCUT2D eigenvalue weighted by atomic mass is 16.3. The van der Waals surface area contributed by atoms with Crippen LogP contribution in [0.25, 0.3) is 11.0 Å². The zero-order valence-corrected chi connectivity index (χ0v) is 12.2. The van der Waals surface area contributed by atoms with Gasteiger partial charge in [0.25, 0.3) is 0 Å². The summed E-state index contributed by atoms with van der Waals surface area (Å²) in [5.41, 5.74) is 1.86. The predicted octanol–water partition coefficient (Wildman–Crippen LogP) is 1.75. The van der Waals surface area contributed by atoms with Crippen LogP contribution < -0.4 is 5.32 Å². The maximum atomic E-state index is 8.95. The molecule has 0 unspecified atom stereocenters. The molecule has 0 saturated carbocycles. The molecule has 21 heavy (non-hydrogen) atoms. The van der Waals surface area contributed by atoms with Crippen molar-refractivity contribution < 1.29 is 5.11 Å². The second-order valence-corrected chi connectivity index (χ2v) is 5.63. The number of piperidine rings is 1. The van der Waals surface area contributed by atoms with Crippen molar-refractivity contribution in [3.63, 3.8) is 0 Å². The number of aromatic nitrogens is 2. The largest absolute Gasteiger partial charge is 0.395 e. The molecule has 0 spiro atoms. The zero-order valence-electron chi connectivity index (χ0n) is 12.2. The van der Waals surface area contributed by atoms with E-state index in [1.165, 1.54) is 12.8 Å². The fourth-order valence-corrected chi connectivity index (χ4v) is 2.85. The van der Waals surface area contributed by atoms with E-state index in [4.69, 9.17) is 5.11 Å². The Kier molecular flexibility index (Phi) is 4.62. The Hall–Kier alpha value is -1.72. The van der Waals surface area contributed by atoms with Crippen LogP contribution in [0.15, 0.2) is 30.5 Å². The number of fused-ring (bicyclic) bond motifs is 1. The molecule has 112 valence electrons. The molecular weight excluding hydrogens is 264 g/mol. The van der Waals surface area contributed by atoms with Crippen molar-refractivity contribution in [3.8, 4) is 0 Å². The molecule has 2 N–H and O–H groups in total. The van der Waals surface area contributed by atoms with Crippen LogP contribution in [-0.4, -0.2) is 52.8 Å². The first-order valence-corrected chi connectivity index (χ1v) is 7.64. The van der Waals surface area contributed by atoms with E-state index < -0.39 is 0 Å². The van der Waals surface area contributed by atoms with Gasteiger partial charge in [-0.15, -0.1) is 0 Å². The van der Waals surface area contributed by atoms with E-state index in [0.29, 0.717) is 5.92 Å². The standard InChI is InChI=1S/C16H22N4O/c21-10-9-20-7-5-13(6-8-20)11-18-16-12-17-14-3-1-2-4-15(14)19-16/h1-4,12-13,21H,5-11H2,(H,18,19). The summed E-state index contributed by atoms with van der Waals surface area (Å²) in [5.74, 6) is 1.53. The molecule has 1 saturated heterocycles. The molecule has 0 atom stereocenters. The minimum atomic E-state index is 0.260. The first-order chi connectivity index (χ1) is 10.3. The van der Waals surface area contributed by atoms with Gasteiger partial charge in [0.1, 0.15) is 5.82 Å². The van der Waals surface area contributed by atoms with Crippen LogP contribution in [0.1, 0.15) is 12.8 Å². The number of benzene rings is 1. The summed E-state index contributed by atoms with van der Waals surface area (Å²) < 4.78 is 0. The van der Waals surface area contributed by atoms with Crippen molar-refractivity contribution in [1.29, 1.82) is 0 Å². The van der Waals surface area contributed by atoms with Crippen LogP contribution in [0.5, 0.6) is 0 Å². The van der Waals surface area contributed by atoms with E-state index in [-0.39, 0.29) is 6.61 Å². The first kappa shape index (κ1) is 14.2. The van der Waals surface area contributed by atoms with E-state index >= 15 is 0 Å². The van der Waals surface area contributed by atoms with Gasteiger partial charge in [0.05, 0.1) is 23.8 Å². The lowest BCUT2D eigenvalue weighted by Crippen LogP contribution is -2.37. The van der Waals surface area contributed by atoms with Crippen LogP contribution in [0.2, 0.25) is 0 Å². The third kappa shape index (κ3) is 3.68. The van der Waals surface area contributed by atoms with Crippen molar-refractivity contribution in [3.05, 3.63) is 30.5 Å². The quantitative estimate of drug-likeness (QED) is 0.877. The summed E-state index contributed by atoms with van der Waals surface area (Å²) in [6, 6.07) is 7.92. The number of β-amino-alcohol motifs (C(OH)–C–C–N with tert-alkyl or cyclic N) is 1. The predicted molar refractivity (Wildman–Crippen MR) is 84.3 cm³/mol. The highest BCUT2D eigenvalue weighted by molar-refractivity contribution is 5.75. The van der Waals surface area contributed by atoms with Gasteiger partial charge in [-0.2, -0.15) is 0 Å². The van der Waals surface area contributed by atoms with Gasteiger partial charge in [-0.25, -0.2) is 4.98 Å². The number of likely N-dealkylation sites (tertiary alicyclic amines) is 1. The summed E-state index contributed by atoms with van der Waals surface area (Å²) in [4.78, 5) is 11.3. The molecule has 0 aliphatic carbocycles. The fraction of sp³-hybridized carbons (Fsp3) is 0.500. The van der Waals surface area contributed by atoms with Crippen molar-refractivity contribution in [1.82, 2.24) is 14.9 Å². The Labute approximate surface area is 125 Å². The number of rotatable bonds is 5. The van der Waals surface area contributed by atoms with E-state index in [1.807, 2.05) is 30.5 Å². The summed E-state index contributed by atoms with van der Waals surface area (Å²) in [7, 11) is 0. The molecule has 1 fully saturated rings. The molecule has 5 nitrogen and oxygen atoms in total. The molecular formula is C16H22N4O. The van der Waals surface area contributed by atoms with Gasteiger partial charge >= 0.3 is 0 Å². The van der Waals surface area contributed by atoms with Crippen molar-refractivity contribution >= 4 is 16.9 Å². The number of hydrogen-bond donors (Lipinski definition) is 2. The van der Waals surface area contributed by atoms with Crippen molar-refractivity contribution in [2.45, 2.75) is 12.8 Å². The lowest BCUT2D eigenvalue weighted by atomic mass is 9.97. The number of aliphatic hydroxyl groups is 1. The Balaban J connectivity index is 1.52. The topological polar surface area (TPSA) is 61.3 Å². The van der Waals surface area contributed by atoms with Crippen LogP contribution in [0, 0.1) is 5.92 Å². The van der Waals surface area contributed by atoms with Gasteiger partial charge in [-0.05, 0) is 44.0 Å². The normalized spacial score (nSPS) is 17.2. The van der Waals surface area contributed by atoms with E-state index in [1.54, 1.807) is 0 Å². The summed E-state index contributed by atoms with van der Waals surface area (Å²) in [5, 5.41) is 12.4. The molecule has 1 aliphatic rings. The Morgan fingerprint density at radius 2 is 1.95 bits per heavy atom. The van der Waals surface area contributed by atoms with Gasteiger partial charge in [0.15, 0.2) is 0 Å². The number of anilines is 1. The SMILES string of the molecule is OCCN1CCC(CNc2cnc3ccccc3n2)CC1. The molecule has 1 aliphatic heterocycles. The number of para-hydroxylation sites is 2. The summed E-state index contributed by atoms with van der Waals surface area (Å²) in [6.07, 6.45) is 4.16. The summed E-state index contributed by atoms with van der Waals surface area (Å²) in [6.45, 7) is 4.17. The smallest absolute Gasteiger partial charge is 0.145 e. The average Bonchev–Trinajstić information content (AvgIpc) is 2.54. The molecule has 5 heteroatoms. The Morgan fingerprint density at radius 3 is 2.71 bits per heavy atom. The fourth-order valence-electron chi connectivity index (χ4n) is 2.85. The van der Waals surface area contributed by atoms with Gasteiger partial charge in [0.2, 0.25) is 0 Å². The summed E-state index contributed by atoms with van der Waals surface area (Å²) >= 11 is 0. The molecule has 0 amide bonds. The number of hydrogen-bond acceptors (Lipinski definition) is 5. The van der Waals surface area contributed by atoms with Crippen LogP contribution in [-0.2, 0) is 0 Å². The van der Waals surface area contributed by atoms with Gasteiger partial charge < -0.3 is 15.3 Å². The maximum absolute atomic E-state index is 8.95. The van der Waals surface area contributed by atoms with Gasteiger partial charge in [-0.3, -0.25) is 4.98 Å². The lowest BCUT2D eigenvalue weighted by Gasteiger charge is -2.31. The molecule has 0 bridgehead atoms. The second-order valence-electron chi connectivity index (χ2n) is 5.63. The first-order valence-electron chi connectivity index (χ1n) is 7.64. The van der Waals surface area contributed by atoms with Crippen LogP contribution in [0.3, 0.4) is 0 Å². The molecule has 1 aromatic heterocycles. The van der Waals surface area contributed by atoms with Gasteiger partial charge in [-0.1, -0.05) is 12.1 Å². The Bertz CT molecular complexity index is 581. The molecule has 0 radical (unpaired) electrons. The molecule has 3 rings (SSSR count). The monoisotopic (exact) mass is 286 g/mol. The van der Waals surface area contributed by atoms with E-state index in [0.717, 1.165) is 43.0 Å². The zero-order chi connectivity index (χ0) is 14.5. The molecule has 1 aromatic carbocycles. The molecule has 2 aromatic rings. The van der Waals surface area contributed by atoms with Crippen LogP contribution >= 0.6 is 0 Å². The number of nitrogens with one attached hydrogen (secondary N) is 1. The highest BCUT2D eigenvalue weighted by Crippen LogP contribution is 2.18. The minimum Gasteiger partial charge on any atom is -0.395 e. The van der Waals surface area contributed by atoms with E-state index in [9.17, 15) is 0 Å². The lowest BCUT2D eigenvalue weighted by molar-refractivity contribution is 0.151. The molecule has 2 heterocycles. The third-order valence-corrected chi connectivity index (χ3v) is 4.14.